The van der Waals surface area contributed by atoms with Crippen LogP contribution in [-0.2, 0) is 22.6 Å². The predicted octanol–water partition coefficient (Wildman–Crippen LogP) is 2.36. The molecular formula is C21H28N4O2. The van der Waals surface area contributed by atoms with Crippen LogP contribution in [0, 0.1) is 11.8 Å². The summed E-state index contributed by atoms with van der Waals surface area (Å²) in [5.74, 6) is 2.09. The number of amides is 2. The second-order valence-corrected chi connectivity index (χ2v) is 7.98. The summed E-state index contributed by atoms with van der Waals surface area (Å²) in [6, 6.07) is 7.93. The number of piperidine rings is 1. The summed E-state index contributed by atoms with van der Waals surface area (Å²) < 4.78 is 2.03. The molecule has 2 fully saturated rings. The number of carbonyl (C=O) groups is 2. The van der Waals surface area contributed by atoms with Gasteiger partial charge in [-0.3, -0.25) is 9.59 Å². The van der Waals surface area contributed by atoms with Crippen LogP contribution >= 0.6 is 0 Å². The number of hydrogen-bond donors (Lipinski definition) is 1. The molecule has 1 saturated carbocycles. The van der Waals surface area contributed by atoms with Gasteiger partial charge in [-0.05, 0) is 43.7 Å². The fraction of sp³-hybridized carbons (Fsp3) is 0.571. The van der Waals surface area contributed by atoms with Gasteiger partial charge in [-0.2, -0.15) is 0 Å². The van der Waals surface area contributed by atoms with E-state index in [1.807, 2.05) is 33.7 Å². The first-order valence-electron chi connectivity index (χ1n) is 10.1. The molecule has 1 saturated heterocycles. The monoisotopic (exact) mass is 368 g/mol. The molecule has 6 nitrogen and oxygen atoms in total. The summed E-state index contributed by atoms with van der Waals surface area (Å²) in [6.45, 7) is 4.83. The number of imidazole rings is 1. The molecule has 0 spiro atoms. The number of likely N-dealkylation sites (tertiary alicyclic amines) is 1. The summed E-state index contributed by atoms with van der Waals surface area (Å²) in [7, 11) is 0. The maximum Gasteiger partial charge on any atom is 0.242 e. The standard InChI is InChI=1S/C21H28N4O2/c1-15-9-12-24(13-10-15)20(26)14-25-18-5-3-2-4-17(18)23-19(25)8-11-22-21(27)16-6-7-16/h2-5,15-16H,6-14H2,1H3,(H,22,27). The highest BCUT2D eigenvalue weighted by Crippen LogP contribution is 2.28. The molecule has 144 valence electrons. The van der Waals surface area contributed by atoms with E-state index >= 15 is 0 Å². The average molecular weight is 368 g/mol. The van der Waals surface area contributed by atoms with E-state index in [0.29, 0.717) is 25.4 Å². The molecule has 2 amide bonds. The number of para-hydroxylation sites is 2. The Kier molecular flexibility index (Phi) is 5.14. The zero-order chi connectivity index (χ0) is 18.8. The summed E-state index contributed by atoms with van der Waals surface area (Å²) in [6.07, 6.45) is 4.81. The lowest BCUT2D eigenvalue weighted by atomic mass is 9.99. The van der Waals surface area contributed by atoms with Gasteiger partial charge in [-0.25, -0.2) is 4.98 Å². The largest absolute Gasteiger partial charge is 0.355 e. The van der Waals surface area contributed by atoms with Gasteiger partial charge in [0.05, 0.1) is 11.0 Å². The van der Waals surface area contributed by atoms with Crippen LogP contribution in [0.4, 0.5) is 0 Å². The van der Waals surface area contributed by atoms with Crippen molar-refractivity contribution in [3.63, 3.8) is 0 Å². The predicted molar refractivity (Wildman–Crippen MR) is 104 cm³/mol. The van der Waals surface area contributed by atoms with Crippen LogP contribution in [0.15, 0.2) is 24.3 Å². The van der Waals surface area contributed by atoms with Crippen molar-refractivity contribution < 1.29 is 9.59 Å². The molecule has 0 unspecified atom stereocenters. The quantitative estimate of drug-likeness (QED) is 0.851. The van der Waals surface area contributed by atoms with Gasteiger partial charge in [0.25, 0.3) is 0 Å². The molecule has 1 aromatic heterocycles. The van der Waals surface area contributed by atoms with Gasteiger partial charge in [0.1, 0.15) is 12.4 Å². The van der Waals surface area contributed by atoms with Gasteiger partial charge < -0.3 is 14.8 Å². The summed E-state index contributed by atoms with van der Waals surface area (Å²) in [5, 5.41) is 3.00. The smallest absolute Gasteiger partial charge is 0.242 e. The third kappa shape index (κ3) is 4.15. The Labute approximate surface area is 159 Å². The van der Waals surface area contributed by atoms with Gasteiger partial charge >= 0.3 is 0 Å². The highest BCUT2D eigenvalue weighted by Gasteiger charge is 2.29. The van der Waals surface area contributed by atoms with Crippen LogP contribution in [0.3, 0.4) is 0 Å². The maximum atomic E-state index is 12.9. The first-order chi connectivity index (χ1) is 13.1. The van der Waals surface area contributed by atoms with Crippen molar-refractivity contribution >= 4 is 22.8 Å². The zero-order valence-corrected chi connectivity index (χ0v) is 16.0. The number of aromatic nitrogens is 2. The van der Waals surface area contributed by atoms with E-state index in [-0.39, 0.29) is 17.7 Å². The third-order valence-corrected chi connectivity index (χ3v) is 5.76. The molecule has 27 heavy (non-hydrogen) atoms. The molecular weight excluding hydrogens is 340 g/mol. The van der Waals surface area contributed by atoms with Crippen LogP contribution < -0.4 is 5.32 Å². The van der Waals surface area contributed by atoms with Gasteiger partial charge in [-0.1, -0.05) is 19.1 Å². The molecule has 2 aromatic rings. The Morgan fingerprint density at radius 2 is 1.89 bits per heavy atom. The van der Waals surface area contributed by atoms with E-state index in [4.69, 9.17) is 4.98 Å². The van der Waals surface area contributed by atoms with E-state index in [2.05, 4.69) is 12.2 Å². The maximum absolute atomic E-state index is 12.9. The highest BCUT2D eigenvalue weighted by molar-refractivity contribution is 5.82. The first-order valence-corrected chi connectivity index (χ1v) is 10.1. The van der Waals surface area contributed by atoms with Gasteiger partial charge in [-0.15, -0.1) is 0 Å². The number of rotatable bonds is 6. The molecule has 2 aliphatic rings. The lowest BCUT2D eigenvalue weighted by Crippen LogP contribution is -2.40. The molecule has 1 N–H and O–H groups in total. The molecule has 2 heterocycles. The normalized spacial score (nSPS) is 18.0. The average Bonchev–Trinajstić information content (AvgIpc) is 3.47. The third-order valence-electron chi connectivity index (χ3n) is 5.76. The van der Waals surface area contributed by atoms with Crippen LogP contribution in [0.5, 0.6) is 0 Å². The molecule has 0 bridgehead atoms. The molecule has 0 radical (unpaired) electrons. The number of fused-ring (bicyclic) bond motifs is 1. The van der Waals surface area contributed by atoms with Crippen molar-refractivity contribution in [1.29, 1.82) is 0 Å². The Balaban J connectivity index is 1.47. The molecule has 6 heteroatoms. The summed E-state index contributed by atoms with van der Waals surface area (Å²) >= 11 is 0. The second-order valence-electron chi connectivity index (χ2n) is 7.98. The van der Waals surface area contributed by atoms with Gasteiger partial charge in [0, 0.05) is 32.0 Å². The second kappa shape index (κ2) is 7.71. The van der Waals surface area contributed by atoms with Crippen molar-refractivity contribution in [2.24, 2.45) is 11.8 Å². The number of nitrogens with zero attached hydrogens (tertiary/aromatic N) is 3. The van der Waals surface area contributed by atoms with Crippen LogP contribution in [0.1, 0.15) is 38.4 Å². The number of hydrogen-bond acceptors (Lipinski definition) is 3. The van der Waals surface area contributed by atoms with E-state index in [0.717, 1.165) is 55.6 Å². The van der Waals surface area contributed by atoms with E-state index in [1.54, 1.807) is 0 Å². The fourth-order valence-electron chi connectivity index (χ4n) is 3.77. The number of nitrogens with one attached hydrogen (secondary N) is 1. The first kappa shape index (κ1) is 18.0. The Morgan fingerprint density at radius 3 is 2.63 bits per heavy atom. The zero-order valence-electron chi connectivity index (χ0n) is 16.0. The summed E-state index contributed by atoms with van der Waals surface area (Å²) in [4.78, 5) is 31.4. The molecule has 1 aliphatic carbocycles. The van der Waals surface area contributed by atoms with E-state index in [9.17, 15) is 9.59 Å². The number of carbonyl (C=O) groups excluding carboxylic acids is 2. The number of benzene rings is 1. The molecule has 1 aromatic carbocycles. The minimum atomic E-state index is 0.149. The molecule has 1 aliphatic heterocycles. The Bertz CT molecular complexity index is 832. The van der Waals surface area contributed by atoms with Crippen molar-refractivity contribution in [1.82, 2.24) is 19.8 Å². The van der Waals surface area contributed by atoms with Crippen LogP contribution in [0.25, 0.3) is 11.0 Å². The van der Waals surface area contributed by atoms with Crippen molar-refractivity contribution in [2.45, 2.75) is 45.6 Å². The van der Waals surface area contributed by atoms with Crippen molar-refractivity contribution in [3.8, 4) is 0 Å². The van der Waals surface area contributed by atoms with Crippen LogP contribution in [-0.4, -0.2) is 45.9 Å². The topological polar surface area (TPSA) is 67.2 Å². The summed E-state index contributed by atoms with van der Waals surface area (Å²) in [5.41, 5.74) is 1.89. The van der Waals surface area contributed by atoms with Gasteiger partial charge in [0.2, 0.25) is 11.8 Å². The molecule has 0 atom stereocenters. The highest BCUT2D eigenvalue weighted by atomic mass is 16.2. The van der Waals surface area contributed by atoms with Crippen molar-refractivity contribution in [2.75, 3.05) is 19.6 Å². The lowest BCUT2D eigenvalue weighted by Gasteiger charge is -2.30. The SMILES string of the molecule is CC1CCN(C(=O)Cn2c(CCNC(=O)C3CC3)nc3ccccc32)CC1. The fourth-order valence-corrected chi connectivity index (χ4v) is 3.77. The Morgan fingerprint density at radius 1 is 1.15 bits per heavy atom. The van der Waals surface area contributed by atoms with Gasteiger partial charge in [0.15, 0.2) is 0 Å². The lowest BCUT2D eigenvalue weighted by molar-refractivity contribution is -0.133. The molecule has 4 rings (SSSR count). The Hall–Kier alpha value is -2.37. The minimum Gasteiger partial charge on any atom is -0.355 e. The van der Waals surface area contributed by atoms with E-state index in [1.165, 1.54) is 0 Å². The minimum absolute atomic E-state index is 0.149. The van der Waals surface area contributed by atoms with Crippen LogP contribution in [0.2, 0.25) is 0 Å². The van der Waals surface area contributed by atoms with E-state index < -0.39 is 0 Å². The van der Waals surface area contributed by atoms with Crippen molar-refractivity contribution in [3.05, 3.63) is 30.1 Å².